The number of nitrogens with zero attached hydrogens (tertiary/aromatic N) is 2. The van der Waals surface area contributed by atoms with Crippen molar-refractivity contribution in [3.63, 3.8) is 0 Å². The molecule has 2 rings (SSSR count). The van der Waals surface area contributed by atoms with E-state index in [0.29, 0.717) is 6.04 Å². The van der Waals surface area contributed by atoms with Gasteiger partial charge in [-0.2, -0.15) is 11.8 Å². The minimum Gasteiger partial charge on any atom is -0.381 e. The minimum absolute atomic E-state index is 0. The molecule has 0 aliphatic carbocycles. The first-order chi connectivity index (χ1) is 12.1. The summed E-state index contributed by atoms with van der Waals surface area (Å²) in [5.41, 5.74) is 1.25. The Morgan fingerprint density at radius 2 is 1.96 bits per heavy atom. The third-order valence-corrected chi connectivity index (χ3v) is 6.53. The predicted octanol–water partition coefficient (Wildman–Crippen LogP) is 3.11. The number of halogens is 1. The van der Waals surface area contributed by atoms with Crippen LogP contribution in [0.1, 0.15) is 39.5 Å². The van der Waals surface area contributed by atoms with Gasteiger partial charge in [0.05, 0.1) is 0 Å². The molecule has 0 aromatic rings. The highest BCUT2D eigenvalue weighted by Crippen LogP contribution is 2.34. The second-order valence-electron chi connectivity index (χ2n) is 7.31. The maximum absolute atomic E-state index is 5.57. The minimum atomic E-state index is 0. The van der Waals surface area contributed by atoms with E-state index in [2.05, 4.69) is 52.7 Å². The fraction of sp³-hybridized carbons (Fsp3) is 0.842. The lowest BCUT2D eigenvalue weighted by atomic mass is 9.99. The lowest BCUT2D eigenvalue weighted by molar-refractivity contribution is 0.0781. The van der Waals surface area contributed by atoms with Gasteiger partial charge in [0.15, 0.2) is 5.96 Å². The van der Waals surface area contributed by atoms with E-state index in [1.165, 1.54) is 5.57 Å². The van der Waals surface area contributed by atoms with Gasteiger partial charge in [-0.3, -0.25) is 9.89 Å². The largest absolute Gasteiger partial charge is 0.381 e. The molecule has 0 radical (unpaired) electrons. The fourth-order valence-corrected chi connectivity index (χ4v) is 4.91. The number of ether oxygens (including phenoxy) is 1. The molecule has 2 aliphatic rings. The molecule has 0 bridgehead atoms. The summed E-state index contributed by atoms with van der Waals surface area (Å²) in [5.74, 6) is 2.09. The third kappa shape index (κ3) is 7.94. The van der Waals surface area contributed by atoms with E-state index in [1.807, 2.05) is 7.05 Å². The quantitative estimate of drug-likeness (QED) is 0.246. The highest BCUT2D eigenvalue weighted by atomic mass is 127. The Bertz CT molecular complexity index is 441. The van der Waals surface area contributed by atoms with Crippen LogP contribution in [0.15, 0.2) is 17.1 Å². The van der Waals surface area contributed by atoms with Gasteiger partial charge >= 0.3 is 0 Å². The molecular weight excluding hydrogens is 459 g/mol. The van der Waals surface area contributed by atoms with Crippen LogP contribution in [0.3, 0.4) is 0 Å². The van der Waals surface area contributed by atoms with Crippen molar-refractivity contribution in [3.05, 3.63) is 12.2 Å². The number of rotatable bonds is 7. The van der Waals surface area contributed by atoms with Crippen LogP contribution in [-0.4, -0.2) is 73.8 Å². The first-order valence-electron chi connectivity index (χ1n) is 9.62. The topological polar surface area (TPSA) is 48.9 Å². The van der Waals surface area contributed by atoms with E-state index in [1.54, 1.807) is 0 Å². The van der Waals surface area contributed by atoms with E-state index in [9.17, 15) is 0 Å². The van der Waals surface area contributed by atoms with Gasteiger partial charge < -0.3 is 15.4 Å². The number of hydrogen-bond donors (Lipinski definition) is 2. The Morgan fingerprint density at radius 1 is 1.31 bits per heavy atom. The number of likely N-dealkylation sites (tertiary alicyclic amines) is 1. The van der Waals surface area contributed by atoms with Crippen molar-refractivity contribution >= 4 is 41.7 Å². The highest BCUT2D eigenvalue weighted by molar-refractivity contribution is 14.0. The molecule has 2 fully saturated rings. The van der Waals surface area contributed by atoms with Gasteiger partial charge in [0.2, 0.25) is 0 Å². The summed E-state index contributed by atoms with van der Waals surface area (Å²) in [6, 6.07) is 0.511. The SMILES string of the molecule is C=C(C)CN1CCC(NC(=NC)NCC2(SCC)CCOCC2)CC1.I. The number of aliphatic imine (C=N–C) groups is 1. The van der Waals surface area contributed by atoms with Gasteiger partial charge in [0.1, 0.15) is 0 Å². The number of nitrogens with one attached hydrogen (secondary N) is 2. The molecule has 2 heterocycles. The summed E-state index contributed by atoms with van der Waals surface area (Å²) in [4.78, 5) is 6.94. The molecule has 5 nitrogen and oxygen atoms in total. The van der Waals surface area contributed by atoms with Crippen LogP contribution in [0.2, 0.25) is 0 Å². The van der Waals surface area contributed by atoms with E-state index in [0.717, 1.165) is 76.8 Å². The molecular formula is C19H37IN4OS. The maximum atomic E-state index is 5.57. The maximum Gasteiger partial charge on any atom is 0.191 e. The molecule has 0 saturated carbocycles. The number of guanidine groups is 1. The van der Waals surface area contributed by atoms with Crippen molar-refractivity contribution in [2.24, 2.45) is 4.99 Å². The van der Waals surface area contributed by atoms with Gasteiger partial charge in [-0.05, 0) is 38.4 Å². The normalized spacial score (nSPS) is 21.7. The molecule has 0 aromatic heterocycles. The Kier molecular flexibility index (Phi) is 11.5. The van der Waals surface area contributed by atoms with Crippen LogP contribution in [0.25, 0.3) is 0 Å². The second kappa shape index (κ2) is 12.5. The van der Waals surface area contributed by atoms with E-state index in [4.69, 9.17) is 4.74 Å². The molecule has 2 aliphatic heterocycles. The zero-order valence-corrected chi connectivity index (χ0v) is 19.8. The summed E-state index contributed by atoms with van der Waals surface area (Å²) in [5, 5.41) is 7.22. The number of thioether (sulfide) groups is 1. The van der Waals surface area contributed by atoms with Gasteiger partial charge in [-0.25, -0.2) is 0 Å². The Morgan fingerprint density at radius 3 is 2.50 bits per heavy atom. The van der Waals surface area contributed by atoms with E-state index >= 15 is 0 Å². The smallest absolute Gasteiger partial charge is 0.191 e. The van der Waals surface area contributed by atoms with Crippen molar-refractivity contribution in [1.82, 2.24) is 15.5 Å². The van der Waals surface area contributed by atoms with Crippen LogP contribution in [-0.2, 0) is 4.74 Å². The van der Waals surface area contributed by atoms with Gasteiger partial charge in [-0.15, -0.1) is 24.0 Å². The summed E-state index contributed by atoms with van der Waals surface area (Å²) in [6.07, 6.45) is 4.57. The van der Waals surface area contributed by atoms with Crippen LogP contribution in [0.4, 0.5) is 0 Å². The molecule has 0 spiro atoms. The van der Waals surface area contributed by atoms with Gasteiger partial charge in [0.25, 0.3) is 0 Å². The number of hydrogen-bond acceptors (Lipinski definition) is 4. The predicted molar refractivity (Wildman–Crippen MR) is 125 cm³/mol. The van der Waals surface area contributed by atoms with Crippen LogP contribution in [0.5, 0.6) is 0 Å². The van der Waals surface area contributed by atoms with E-state index < -0.39 is 0 Å². The average Bonchev–Trinajstić information content (AvgIpc) is 2.61. The zero-order valence-electron chi connectivity index (χ0n) is 16.7. The molecule has 152 valence electrons. The summed E-state index contributed by atoms with van der Waals surface area (Å²) in [7, 11) is 1.87. The third-order valence-electron chi connectivity index (χ3n) is 5.08. The lowest BCUT2D eigenvalue weighted by Gasteiger charge is -2.37. The molecule has 0 unspecified atom stereocenters. The summed E-state index contributed by atoms with van der Waals surface area (Å²) >= 11 is 2.06. The van der Waals surface area contributed by atoms with Crippen LogP contribution in [0, 0.1) is 0 Å². The van der Waals surface area contributed by atoms with Crippen molar-refractivity contribution in [2.45, 2.75) is 50.3 Å². The molecule has 0 aromatic carbocycles. The van der Waals surface area contributed by atoms with E-state index in [-0.39, 0.29) is 28.7 Å². The molecule has 2 N–H and O–H groups in total. The Hall–Kier alpha value is 0.01000. The van der Waals surface area contributed by atoms with Crippen molar-refractivity contribution in [2.75, 3.05) is 52.2 Å². The zero-order chi connectivity index (χ0) is 18.1. The first-order valence-corrected chi connectivity index (χ1v) is 10.6. The standard InChI is InChI=1S/C19H36N4OS.HI/c1-5-25-19(8-12-24-13-9-19)15-21-18(20-4)22-17-6-10-23(11-7-17)14-16(2)3;/h17H,2,5-15H2,1,3-4H3,(H2,20,21,22);1H. The first kappa shape index (κ1) is 24.0. The van der Waals surface area contributed by atoms with Crippen molar-refractivity contribution in [1.29, 1.82) is 0 Å². The monoisotopic (exact) mass is 496 g/mol. The van der Waals surface area contributed by atoms with Gasteiger partial charge in [0, 0.05) is 57.2 Å². The van der Waals surface area contributed by atoms with Crippen molar-refractivity contribution in [3.8, 4) is 0 Å². The highest BCUT2D eigenvalue weighted by Gasteiger charge is 2.33. The number of piperidine rings is 1. The lowest BCUT2D eigenvalue weighted by Crippen LogP contribution is -2.52. The molecule has 2 saturated heterocycles. The van der Waals surface area contributed by atoms with Crippen LogP contribution >= 0.6 is 35.7 Å². The molecule has 26 heavy (non-hydrogen) atoms. The average molecular weight is 497 g/mol. The van der Waals surface area contributed by atoms with Crippen molar-refractivity contribution < 1.29 is 4.74 Å². The summed E-state index contributed by atoms with van der Waals surface area (Å²) < 4.78 is 5.85. The molecule has 7 heteroatoms. The second-order valence-corrected chi connectivity index (χ2v) is 9.04. The van der Waals surface area contributed by atoms with Crippen LogP contribution < -0.4 is 10.6 Å². The Labute approximate surface area is 181 Å². The molecule has 0 amide bonds. The fourth-order valence-electron chi connectivity index (χ4n) is 3.67. The van der Waals surface area contributed by atoms with Gasteiger partial charge in [-0.1, -0.05) is 19.1 Å². The molecule has 0 atom stereocenters. The summed E-state index contributed by atoms with van der Waals surface area (Å²) in [6.45, 7) is 14.4. The Balaban J connectivity index is 0.00000338.